The Hall–Kier alpha value is -1.58. The zero-order valence-electron chi connectivity index (χ0n) is 10.2. The summed E-state index contributed by atoms with van der Waals surface area (Å²) in [7, 11) is 0. The molecule has 4 nitrogen and oxygen atoms in total. The van der Waals surface area contributed by atoms with Gasteiger partial charge in [0.15, 0.2) is 0 Å². The highest BCUT2D eigenvalue weighted by Gasteiger charge is 2.15. The van der Waals surface area contributed by atoms with E-state index in [1.54, 1.807) is 12.2 Å². The Morgan fingerprint density at radius 2 is 1.12 bits per heavy atom. The molecule has 0 saturated carbocycles. The minimum absolute atomic E-state index is 0.0961. The topological polar surface area (TPSA) is 52.6 Å². The molecule has 0 aromatic heterocycles. The quantitative estimate of drug-likeness (QED) is 0.418. The van der Waals surface area contributed by atoms with E-state index in [2.05, 4.69) is 9.47 Å². The lowest BCUT2D eigenvalue weighted by molar-refractivity contribution is -0.166. The van der Waals surface area contributed by atoms with Crippen LogP contribution in [0, 0.1) is 0 Å². The van der Waals surface area contributed by atoms with Gasteiger partial charge in [-0.15, -0.1) is 0 Å². The molecule has 0 saturated heterocycles. The number of carbonyl (C=O) groups is 2. The summed E-state index contributed by atoms with van der Waals surface area (Å²) >= 11 is 0. The van der Waals surface area contributed by atoms with Gasteiger partial charge in [-0.2, -0.15) is 0 Å². The fourth-order valence-electron chi connectivity index (χ4n) is 0.686. The summed E-state index contributed by atoms with van der Waals surface area (Å²) in [5, 5.41) is 0. The Kier molecular flexibility index (Phi) is 6.92. The first-order valence-electron chi connectivity index (χ1n) is 5.04. The molecule has 0 atom stereocenters. The van der Waals surface area contributed by atoms with Crippen LogP contribution < -0.4 is 0 Å². The van der Waals surface area contributed by atoms with Crippen molar-refractivity contribution in [1.82, 2.24) is 0 Å². The van der Waals surface area contributed by atoms with Crippen LogP contribution in [0.5, 0.6) is 0 Å². The molecule has 0 radical (unpaired) electrons. The summed E-state index contributed by atoms with van der Waals surface area (Å²) in [4.78, 5) is 22.1. The van der Waals surface area contributed by atoms with Crippen LogP contribution in [0.15, 0.2) is 23.3 Å². The summed E-state index contributed by atoms with van der Waals surface area (Å²) in [5.41, 5.74) is 2.04. The predicted octanol–water partition coefficient (Wildman–Crippen LogP) is 2.01. The first kappa shape index (κ1) is 14.4. The van der Waals surface area contributed by atoms with E-state index in [1.807, 2.05) is 27.7 Å². The number of esters is 2. The number of carbonyl (C=O) groups excluding carboxylic acids is 2. The van der Waals surface area contributed by atoms with Crippen LogP contribution in [0.2, 0.25) is 0 Å². The van der Waals surface area contributed by atoms with Crippen LogP contribution in [0.25, 0.3) is 0 Å². The molecular formula is C12H18O4. The van der Waals surface area contributed by atoms with Gasteiger partial charge in [0.1, 0.15) is 13.2 Å². The Bertz CT molecular complexity index is 273. The zero-order valence-corrected chi connectivity index (χ0v) is 10.2. The fourth-order valence-corrected chi connectivity index (χ4v) is 0.686. The molecule has 0 aromatic rings. The van der Waals surface area contributed by atoms with Gasteiger partial charge in [0.05, 0.1) is 0 Å². The molecule has 0 unspecified atom stereocenters. The molecule has 16 heavy (non-hydrogen) atoms. The van der Waals surface area contributed by atoms with E-state index < -0.39 is 11.9 Å². The van der Waals surface area contributed by atoms with Crippen LogP contribution >= 0.6 is 0 Å². The highest BCUT2D eigenvalue weighted by atomic mass is 16.6. The molecule has 0 spiro atoms. The SMILES string of the molecule is CC(C)=CCOC(=O)C(=O)OCC=C(C)C. The van der Waals surface area contributed by atoms with Crippen molar-refractivity contribution < 1.29 is 19.1 Å². The molecule has 0 aliphatic rings. The summed E-state index contributed by atoms with van der Waals surface area (Å²) < 4.78 is 9.32. The first-order chi connectivity index (χ1) is 7.43. The largest absolute Gasteiger partial charge is 0.453 e. The third-order valence-electron chi connectivity index (χ3n) is 1.58. The van der Waals surface area contributed by atoms with Gasteiger partial charge in [0, 0.05) is 0 Å². The lowest BCUT2D eigenvalue weighted by atomic mass is 10.3. The average Bonchev–Trinajstić information content (AvgIpc) is 2.16. The van der Waals surface area contributed by atoms with E-state index in [1.165, 1.54) is 0 Å². The van der Waals surface area contributed by atoms with Gasteiger partial charge in [-0.25, -0.2) is 9.59 Å². The second-order valence-corrected chi connectivity index (χ2v) is 3.76. The van der Waals surface area contributed by atoms with Crippen molar-refractivity contribution in [3.63, 3.8) is 0 Å². The van der Waals surface area contributed by atoms with E-state index in [4.69, 9.17) is 0 Å². The monoisotopic (exact) mass is 226 g/mol. The summed E-state index contributed by atoms with van der Waals surface area (Å²) in [6, 6.07) is 0. The molecule has 0 rings (SSSR count). The van der Waals surface area contributed by atoms with Crippen molar-refractivity contribution in [2.45, 2.75) is 27.7 Å². The van der Waals surface area contributed by atoms with Gasteiger partial charge in [-0.05, 0) is 39.8 Å². The molecule has 0 heterocycles. The maximum Gasteiger partial charge on any atom is 0.417 e. The maximum absolute atomic E-state index is 11.1. The van der Waals surface area contributed by atoms with Crippen molar-refractivity contribution in [3.05, 3.63) is 23.3 Å². The molecule has 0 bridgehead atoms. The lowest BCUT2D eigenvalue weighted by Gasteiger charge is -2.02. The van der Waals surface area contributed by atoms with Crippen molar-refractivity contribution in [3.8, 4) is 0 Å². The summed E-state index contributed by atoms with van der Waals surface area (Å²) in [5.74, 6) is -1.92. The highest BCUT2D eigenvalue weighted by Crippen LogP contribution is 1.92. The Morgan fingerprint density at radius 1 is 0.812 bits per heavy atom. The molecule has 0 amide bonds. The standard InChI is InChI=1S/C12H18O4/c1-9(2)5-7-15-11(13)12(14)16-8-6-10(3)4/h5-6H,7-8H2,1-4H3. The second kappa shape index (κ2) is 7.68. The van der Waals surface area contributed by atoms with Crippen molar-refractivity contribution in [2.24, 2.45) is 0 Å². The van der Waals surface area contributed by atoms with Crippen molar-refractivity contribution in [1.29, 1.82) is 0 Å². The van der Waals surface area contributed by atoms with Gasteiger partial charge in [-0.3, -0.25) is 0 Å². The zero-order chi connectivity index (χ0) is 12.6. The van der Waals surface area contributed by atoms with Crippen molar-refractivity contribution in [2.75, 3.05) is 13.2 Å². The van der Waals surface area contributed by atoms with Gasteiger partial charge in [0.2, 0.25) is 0 Å². The molecule has 4 heteroatoms. The Morgan fingerprint density at radius 3 is 1.38 bits per heavy atom. The molecule has 0 N–H and O–H groups in total. The fraction of sp³-hybridized carbons (Fsp3) is 0.500. The molecule has 0 aliphatic heterocycles. The van der Waals surface area contributed by atoms with Gasteiger partial charge in [0.25, 0.3) is 0 Å². The number of allylic oxidation sites excluding steroid dienone is 2. The number of hydrogen-bond donors (Lipinski definition) is 0. The average molecular weight is 226 g/mol. The van der Waals surface area contributed by atoms with E-state index in [0.717, 1.165) is 11.1 Å². The minimum atomic E-state index is -0.959. The van der Waals surface area contributed by atoms with Crippen LogP contribution in [-0.2, 0) is 19.1 Å². The Balaban J connectivity index is 3.87. The van der Waals surface area contributed by atoms with E-state index in [9.17, 15) is 9.59 Å². The van der Waals surface area contributed by atoms with Gasteiger partial charge in [-0.1, -0.05) is 11.1 Å². The molecule has 0 aliphatic carbocycles. The normalized spacial score (nSPS) is 9.00. The number of ether oxygens (including phenoxy) is 2. The second-order valence-electron chi connectivity index (χ2n) is 3.76. The van der Waals surface area contributed by atoms with Crippen LogP contribution in [0.4, 0.5) is 0 Å². The summed E-state index contributed by atoms with van der Waals surface area (Å²) in [6.45, 7) is 7.70. The van der Waals surface area contributed by atoms with E-state index in [0.29, 0.717) is 0 Å². The summed E-state index contributed by atoms with van der Waals surface area (Å²) in [6.07, 6.45) is 3.42. The predicted molar refractivity (Wildman–Crippen MR) is 60.8 cm³/mol. The molecule has 0 fully saturated rings. The smallest absolute Gasteiger partial charge is 0.417 e. The van der Waals surface area contributed by atoms with Gasteiger partial charge < -0.3 is 9.47 Å². The molecule has 0 aromatic carbocycles. The number of hydrogen-bond acceptors (Lipinski definition) is 4. The number of rotatable bonds is 4. The molecular weight excluding hydrogens is 208 g/mol. The van der Waals surface area contributed by atoms with E-state index in [-0.39, 0.29) is 13.2 Å². The maximum atomic E-state index is 11.1. The van der Waals surface area contributed by atoms with E-state index >= 15 is 0 Å². The lowest BCUT2D eigenvalue weighted by Crippen LogP contribution is -2.20. The van der Waals surface area contributed by atoms with Crippen LogP contribution in [0.3, 0.4) is 0 Å². The first-order valence-corrected chi connectivity index (χ1v) is 5.04. The highest BCUT2D eigenvalue weighted by molar-refractivity contribution is 6.29. The van der Waals surface area contributed by atoms with Crippen LogP contribution in [0.1, 0.15) is 27.7 Å². The van der Waals surface area contributed by atoms with Gasteiger partial charge >= 0.3 is 11.9 Å². The van der Waals surface area contributed by atoms with Crippen LogP contribution in [-0.4, -0.2) is 25.2 Å². The Labute approximate surface area is 95.9 Å². The third-order valence-corrected chi connectivity index (χ3v) is 1.58. The minimum Gasteiger partial charge on any atom is -0.453 e. The van der Waals surface area contributed by atoms with Crippen molar-refractivity contribution >= 4 is 11.9 Å². The third kappa shape index (κ3) is 7.79. The molecule has 90 valence electrons.